The summed E-state index contributed by atoms with van der Waals surface area (Å²) in [5.74, 6) is 0.713. The third kappa shape index (κ3) is 3.91. The molecule has 0 spiro atoms. The van der Waals surface area contributed by atoms with E-state index < -0.39 is 5.60 Å². The molecule has 0 heterocycles. The molecule has 1 aromatic rings. The third-order valence-corrected chi connectivity index (χ3v) is 3.75. The van der Waals surface area contributed by atoms with Crippen LogP contribution in [0.5, 0.6) is 0 Å². The van der Waals surface area contributed by atoms with Gasteiger partial charge in [0.05, 0.1) is 5.60 Å². The first-order chi connectivity index (χ1) is 6.53. The lowest BCUT2D eigenvalue weighted by atomic mass is 10.1. The molecule has 0 radical (unpaired) electrons. The van der Waals surface area contributed by atoms with Gasteiger partial charge in [0.15, 0.2) is 0 Å². The SMILES string of the molecule is CCC(C)(O)CSc1ccc(Cl)cc1. The van der Waals surface area contributed by atoms with Gasteiger partial charge in [0.25, 0.3) is 0 Å². The van der Waals surface area contributed by atoms with Crippen molar-refractivity contribution in [3.05, 3.63) is 29.3 Å². The lowest BCUT2D eigenvalue weighted by Crippen LogP contribution is -2.25. The first-order valence-corrected chi connectivity index (χ1v) is 6.00. The normalized spacial score (nSPS) is 15.1. The molecule has 0 amide bonds. The number of halogens is 1. The molecule has 0 aliphatic heterocycles. The number of thioether (sulfide) groups is 1. The Morgan fingerprint density at radius 3 is 2.43 bits per heavy atom. The highest BCUT2D eigenvalue weighted by Crippen LogP contribution is 2.25. The second-order valence-corrected chi connectivity index (χ2v) is 5.08. The van der Waals surface area contributed by atoms with E-state index in [4.69, 9.17) is 11.6 Å². The molecule has 1 N–H and O–H groups in total. The first kappa shape index (κ1) is 11.9. The van der Waals surface area contributed by atoms with Crippen LogP contribution in [0.25, 0.3) is 0 Å². The number of rotatable bonds is 4. The Hall–Kier alpha value is -0.180. The maximum Gasteiger partial charge on any atom is 0.0710 e. The second-order valence-electron chi connectivity index (χ2n) is 3.59. The van der Waals surface area contributed by atoms with Gasteiger partial charge in [-0.1, -0.05) is 18.5 Å². The van der Waals surface area contributed by atoms with Crippen molar-refractivity contribution in [2.24, 2.45) is 0 Å². The Morgan fingerprint density at radius 2 is 1.93 bits per heavy atom. The van der Waals surface area contributed by atoms with Gasteiger partial charge in [-0.15, -0.1) is 11.8 Å². The van der Waals surface area contributed by atoms with Gasteiger partial charge < -0.3 is 5.11 Å². The summed E-state index contributed by atoms with van der Waals surface area (Å²) in [5.41, 5.74) is -0.579. The van der Waals surface area contributed by atoms with Crippen LogP contribution >= 0.6 is 23.4 Å². The molecule has 14 heavy (non-hydrogen) atoms. The standard InChI is InChI=1S/C11H15ClOS/c1-3-11(2,13)8-14-10-6-4-9(12)5-7-10/h4-7,13H,3,8H2,1-2H3. The van der Waals surface area contributed by atoms with E-state index in [1.807, 2.05) is 38.1 Å². The van der Waals surface area contributed by atoms with Gasteiger partial charge in [0.1, 0.15) is 0 Å². The van der Waals surface area contributed by atoms with Crippen molar-refractivity contribution < 1.29 is 5.11 Å². The van der Waals surface area contributed by atoms with Crippen LogP contribution in [0.3, 0.4) is 0 Å². The molecule has 1 atom stereocenters. The molecule has 1 nitrogen and oxygen atoms in total. The zero-order valence-electron chi connectivity index (χ0n) is 8.46. The molecular weight excluding hydrogens is 216 g/mol. The maximum atomic E-state index is 9.79. The molecular formula is C11H15ClOS. The van der Waals surface area contributed by atoms with Crippen LogP contribution in [0, 0.1) is 0 Å². The summed E-state index contributed by atoms with van der Waals surface area (Å²) in [6.45, 7) is 3.85. The Bertz CT molecular complexity index is 282. The van der Waals surface area contributed by atoms with Gasteiger partial charge >= 0.3 is 0 Å². The van der Waals surface area contributed by atoms with Crippen molar-refractivity contribution in [1.82, 2.24) is 0 Å². The molecule has 1 rings (SSSR count). The highest BCUT2D eigenvalue weighted by Gasteiger charge is 2.17. The minimum Gasteiger partial charge on any atom is -0.389 e. The minimum absolute atomic E-state index is 0.579. The summed E-state index contributed by atoms with van der Waals surface area (Å²) in [6, 6.07) is 7.67. The van der Waals surface area contributed by atoms with E-state index in [0.29, 0.717) is 5.75 Å². The summed E-state index contributed by atoms with van der Waals surface area (Å²) in [7, 11) is 0. The van der Waals surface area contributed by atoms with Crippen molar-refractivity contribution in [2.75, 3.05) is 5.75 Å². The Balaban J connectivity index is 2.50. The Labute approximate surface area is 94.5 Å². The van der Waals surface area contributed by atoms with Gasteiger partial charge in [0.2, 0.25) is 0 Å². The van der Waals surface area contributed by atoms with Crippen LogP contribution in [0.15, 0.2) is 29.2 Å². The largest absolute Gasteiger partial charge is 0.389 e. The summed E-state index contributed by atoms with van der Waals surface area (Å²) in [6.07, 6.45) is 0.771. The quantitative estimate of drug-likeness (QED) is 0.798. The molecule has 0 aromatic heterocycles. The van der Waals surface area contributed by atoms with Crippen molar-refractivity contribution >= 4 is 23.4 Å². The Kier molecular flexibility index (Phi) is 4.30. The van der Waals surface area contributed by atoms with Crippen LogP contribution < -0.4 is 0 Å². The minimum atomic E-state index is -0.579. The molecule has 0 saturated carbocycles. The first-order valence-electron chi connectivity index (χ1n) is 4.64. The predicted molar refractivity (Wildman–Crippen MR) is 63.1 cm³/mol. The number of benzene rings is 1. The van der Waals surface area contributed by atoms with Crippen molar-refractivity contribution in [1.29, 1.82) is 0 Å². The molecule has 1 unspecified atom stereocenters. The van der Waals surface area contributed by atoms with Crippen LogP contribution in [-0.4, -0.2) is 16.5 Å². The van der Waals surface area contributed by atoms with Crippen LogP contribution in [-0.2, 0) is 0 Å². The van der Waals surface area contributed by atoms with E-state index in [1.165, 1.54) is 0 Å². The van der Waals surface area contributed by atoms with E-state index in [2.05, 4.69) is 0 Å². The zero-order chi connectivity index (χ0) is 10.6. The molecule has 0 saturated heterocycles. The Morgan fingerprint density at radius 1 is 1.36 bits per heavy atom. The maximum absolute atomic E-state index is 9.79. The summed E-state index contributed by atoms with van der Waals surface area (Å²) in [4.78, 5) is 1.14. The summed E-state index contributed by atoms with van der Waals surface area (Å²) >= 11 is 7.42. The fraction of sp³-hybridized carbons (Fsp3) is 0.455. The second kappa shape index (κ2) is 5.06. The fourth-order valence-corrected chi connectivity index (χ4v) is 2.01. The molecule has 0 fully saturated rings. The van der Waals surface area contributed by atoms with Gasteiger partial charge in [-0.05, 0) is 37.6 Å². The number of aliphatic hydroxyl groups is 1. The average Bonchev–Trinajstić information content (AvgIpc) is 2.17. The number of hydrogen-bond acceptors (Lipinski definition) is 2. The molecule has 0 aliphatic rings. The van der Waals surface area contributed by atoms with E-state index in [-0.39, 0.29) is 0 Å². The van der Waals surface area contributed by atoms with Gasteiger partial charge in [-0.3, -0.25) is 0 Å². The molecule has 78 valence electrons. The molecule has 0 aliphatic carbocycles. The summed E-state index contributed by atoms with van der Waals surface area (Å²) in [5, 5.41) is 10.5. The number of hydrogen-bond donors (Lipinski definition) is 1. The van der Waals surface area contributed by atoms with Crippen molar-refractivity contribution in [3.63, 3.8) is 0 Å². The fourth-order valence-electron chi connectivity index (χ4n) is 0.872. The van der Waals surface area contributed by atoms with Gasteiger partial charge in [-0.25, -0.2) is 0 Å². The lowest BCUT2D eigenvalue weighted by Gasteiger charge is -2.20. The molecule has 0 bridgehead atoms. The van der Waals surface area contributed by atoms with Crippen LogP contribution in [0.4, 0.5) is 0 Å². The van der Waals surface area contributed by atoms with E-state index in [1.54, 1.807) is 11.8 Å². The molecule has 1 aromatic carbocycles. The third-order valence-electron chi connectivity index (χ3n) is 2.13. The zero-order valence-corrected chi connectivity index (χ0v) is 10.0. The van der Waals surface area contributed by atoms with Gasteiger partial charge in [-0.2, -0.15) is 0 Å². The van der Waals surface area contributed by atoms with E-state index in [0.717, 1.165) is 16.3 Å². The predicted octanol–water partition coefficient (Wildman–Crippen LogP) is 3.59. The topological polar surface area (TPSA) is 20.2 Å². The van der Waals surface area contributed by atoms with Crippen LogP contribution in [0.2, 0.25) is 5.02 Å². The van der Waals surface area contributed by atoms with Crippen molar-refractivity contribution in [2.45, 2.75) is 30.8 Å². The van der Waals surface area contributed by atoms with E-state index in [9.17, 15) is 5.11 Å². The highest BCUT2D eigenvalue weighted by molar-refractivity contribution is 7.99. The van der Waals surface area contributed by atoms with Crippen molar-refractivity contribution in [3.8, 4) is 0 Å². The van der Waals surface area contributed by atoms with Gasteiger partial charge in [0, 0.05) is 15.7 Å². The molecule has 3 heteroatoms. The highest BCUT2D eigenvalue weighted by atomic mass is 35.5. The average molecular weight is 231 g/mol. The smallest absolute Gasteiger partial charge is 0.0710 e. The lowest BCUT2D eigenvalue weighted by molar-refractivity contribution is 0.0816. The van der Waals surface area contributed by atoms with E-state index >= 15 is 0 Å². The monoisotopic (exact) mass is 230 g/mol. The van der Waals surface area contributed by atoms with Crippen LogP contribution in [0.1, 0.15) is 20.3 Å². The summed E-state index contributed by atoms with van der Waals surface area (Å²) < 4.78 is 0.